The fraction of sp³-hybridized carbons (Fsp3) is 0.333. The van der Waals surface area contributed by atoms with Gasteiger partial charge in [0, 0.05) is 23.9 Å². The highest BCUT2D eigenvalue weighted by Crippen LogP contribution is 2.18. The van der Waals surface area contributed by atoms with Gasteiger partial charge in [0.1, 0.15) is 17.4 Å². The van der Waals surface area contributed by atoms with Crippen LogP contribution in [0.2, 0.25) is 0 Å². The van der Waals surface area contributed by atoms with Crippen molar-refractivity contribution in [1.82, 2.24) is 9.97 Å². The van der Waals surface area contributed by atoms with Crippen molar-refractivity contribution in [1.29, 1.82) is 0 Å². The monoisotopic (exact) mass is 257 g/mol. The van der Waals surface area contributed by atoms with Gasteiger partial charge < -0.3 is 10.1 Å². The van der Waals surface area contributed by atoms with Gasteiger partial charge in [-0.3, -0.25) is 0 Å². The third-order valence-corrected chi connectivity index (χ3v) is 2.91. The number of benzene rings is 1. The van der Waals surface area contributed by atoms with Crippen LogP contribution in [0, 0.1) is 6.92 Å². The normalized spacial score (nSPS) is 10.3. The summed E-state index contributed by atoms with van der Waals surface area (Å²) < 4.78 is 5.33. The Morgan fingerprint density at radius 3 is 2.74 bits per heavy atom. The molecule has 0 aliphatic heterocycles. The summed E-state index contributed by atoms with van der Waals surface area (Å²) in [6.45, 7) is 4.68. The Kier molecular flexibility index (Phi) is 4.34. The molecule has 1 aromatic carbocycles. The van der Waals surface area contributed by atoms with Crippen LogP contribution in [-0.2, 0) is 13.0 Å². The summed E-state index contributed by atoms with van der Waals surface area (Å²) in [7, 11) is 1.68. The lowest BCUT2D eigenvalue weighted by Gasteiger charge is -2.10. The summed E-state index contributed by atoms with van der Waals surface area (Å²) in [5.41, 5.74) is 2.16. The third-order valence-electron chi connectivity index (χ3n) is 2.91. The number of hydrogen-bond donors (Lipinski definition) is 1. The predicted octanol–water partition coefficient (Wildman–Crippen LogP) is 2.97. The smallest absolute Gasteiger partial charge is 0.130 e. The van der Waals surface area contributed by atoms with E-state index in [4.69, 9.17) is 4.74 Å². The minimum absolute atomic E-state index is 0.684. The average Bonchev–Trinajstić information content (AvgIpc) is 2.44. The lowest BCUT2D eigenvalue weighted by molar-refractivity contribution is 0.410. The first-order chi connectivity index (χ1) is 9.22. The molecule has 0 amide bonds. The van der Waals surface area contributed by atoms with E-state index in [9.17, 15) is 0 Å². The summed E-state index contributed by atoms with van der Waals surface area (Å²) in [5.74, 6) is 2.54. The van der Waals surface area contributed by atoms with Crippen LogP contribution in [-0.4, -0.2) is 17.1 Å². The second-order valence-electron chi connectivity index (χ2n) is 4.31. The highest BCUT2D eigenvalue weighted by atomic mass is 16.5. The van der Waals surface area contributed by atoms with Crippen molar-refractivity contribution < 1.29 is 4.74 Å². The molecule has 0 radical (unpaired) electrons. The van der Waals surface area contributed by atoms with Gasteiger partial charge >= 0.3 is 0 Å². The van der Waals surface area contributed by atoms with Gasteiger partial charge in [-0.1, -0.05) is 25.1 Å². The summed E-state index contributed by atoms with van der Waals surface area (Å²) in [4.78, 5) is 8.75. The van der Waals surface area contributed by atoms with Crippen molar-refractivity contribution in [2.45, 2.75) is 26.8 Å². The maximum absolute atomic E-state index is 5.33. The van der Waals surface area contributed by atoms with Gasteiger partial charge in [0.05, 0.1) is 7.11 Å². The van der Waals surface area contributed by atoms with Crippen LogP contribution in [0.3, 0.4) is 0 Å². The molecule has 0 saturated heterocycles. The van der Waals surface area contributed by atoms with E-state index in [1.807, 2.05) is 37.3 Å². The predicted molar refractivity (Wildman–Crippen MR) is 76.5 cm³/mol. The molecular formula is C15H19N3O. The Morgan fingerprint density at radius 1 is 1.21 bits per heavy atom. The lowest BCUT2D eigenvalue weighted by atomic mass is 10.2. The van der Waals surface area contributed by atoms with Crippen molar-refractivity contribution in [3.63, 3.8) is 0 Å². The van der Waals surface area contributed by atoms with E-state index in [2.05, 4.69) is 22.2 Å². The maximum atomic E-state index is 5.33. The molecule has 0 spiro atoms. The molecule has 0 aliphatic rings. The molecule has 19 heavy (non-hydrogen) atoms. The number of hydrogen-bond acceptors (Lipinski definition) is 4. The van der Waals surface area contributed by atoms with E-state index in [0.29, 0.717) is 6.54 Å². The minimum atomic E-state index is 0.684. The van der Waals surface area contributed by atoms with E-state index >= 15 is 0 Å². The van der Waals surface area contributed by atoms with Crippen molar-refractivity contribution in [3.8, 4) is 5.75 Å². The fourth-order valence-corrected chi connectivity index (χ4v) is 1.94. The molecular weight excluding hydrogens is 238 g/mol. The van der Waals surface area contributed by atoms with E-state index in [0.717, 1.165) is 35.1 Å². The Bertz CT molecular complexity index is 555. The molecule has 100 valence electrons. The van der Waals surface area contributed by atoms with E-state index < -0.39 is 0 Å². The molecule has 1 N–H and O–H groups in total. The maximum Gasteiger partial charge on any atom is 0.130 e. The second-order valence-corrected chi connectivity index (χ2v) is 4.31. The highest BCUT2D eigenvalue weighted by Gasteiger charge is 2.03. The number of anilines is 1. The molecule has 0 atom stereocenters. The first-order valence-electron chi connectivity index (χ1n) is 6.43. The molecule has 4 heteroatoms. The van der Waals surface area contributed by atoms with Gasteiger partial charge in [0.25, 0.3) is 0 Å². The molecule has 4 nitrogen and oxygen atoms in total. The zero-order chi connectivity index (χ0) is 13.7. The number of methoxy groups -OCH3 is 1. The lowest BCUT2D eigenvalue weighted by Crippen LogP contribution is -2.05. The summed E-state index contributed by atoms with van der Waals surface area (Å²) >= 11 is 0. The number of nitrogens with one attached hydrogen (secondary N) is 1. The van der Waals surface area contributed by atoms with Crippen molar-refractivity contribution in [2.24, 2.45) is 0 Å². The third kappa shape index (κ3) is 3.44. The van der Waals surface area contributed by atoms with Gasteiger partial charge in [-0.15, -0.1) is 0 Å². The fourth-order valence-electron chi connectivity index (χ4n) is 1.94. The van der Waals surface area contributed by atoms with Crippen molar-refractivity contribution in [3.05, 3.63) is 47.4 Å². The molecule has 0 unspecified atom stereocenters. The summed E-state index contributed by atoms with van der Waals surface area (Å²) in [5, 5.41) is 3.32. The number of ether oxygens (including phenoxy) is 1. The first kappa shape index (κ1) is 13.3. The van der Waals surface area contributed by atoms with Gasteiger partial charge in [-0.2, -0.15) is 0 Å². The van der Waals surface area contributed by atoms with E-state index in [-0.39, 0.29) is 0 Å². The Balaban J connectivity index is 2.12. The Hall–Kier alpha value is -2.10. The SMILES string of the molecule is CCc1cc(NCc2ccccc2OC)nc(C)n1. The van der Waals surface area contributed by atoms with Gasteiger partial charge in [0.2, 0.25) is 0 Å². The molecule has 0 fully saturated rings. The zero-order valence-corrected chi connectivity index (χ0v) is 11.6. The molecule has 1 aromatic heterocycles. The summed E-state index contributed by atoms with van der Waals surface area (Å²) in [6, 6.07) is 9.96. The Labute approximate surface area is 113 Å². The molecule has 2 rings (SSSR count). The van der Waals surface area contributed by atoms with E-state index in [1.165, 1.54) is 0 Å². The van der Waals surface area contributed by atoms with Crippen LogP contribution in [0.1, 0.15) is 24.0 Å². The molecule has 2 aromatic rings. The number of aryl methyl sites for hydroxylation is 2. The van der Waals surface area contributed by atoms with Crippen molar-refractivity contribution >= 4 is 5.82 Å². The standard InChI is InChI=1S/C15H19N3O/c1-4-13-9-15(18-11(2)17-13)16-10-12-7-5-6-8-14(12)19-3/h5-9H,4,10H2,1-3H3,(H,16,17,18). The van der Waals surface area contributed by atoms with E-state index in [1.54, 1.807) is 7.11 Å². The van der Waals surface area contributed by atoms with Gasteiger partial charge in [-0.05, 0) is 19.4 Å². The summed E-state index contributed by atoms with van der Waals surface area (Å²) in [6.07, 6.45) is 0.909. The van der Waals surface area contributed by atoms with Gasteiger partial charge in [-0.25, -0.2) is 9.97 Å². The number of para-hydroxylation sites is 1. The minimum Gasteiger partial charge on any atom is -0.496 e. The quantitative estimate of drug-likeness (QED) is 0.894. The molecule has 1 heterocycles. The van der Waals surface area contributed by atoms with Crippen LogP contribution < -0.4 is 10.1 Å². The van der Waals surface area contributed by atoms with Crippen LogP contribution in [0.4, 0.5) is 5.82 Å². The van der Waals surface area contributed by atoms with Crippen LogP contribution in [0.5, 0.6) is 5.75 Å². The number of aromatic nitrogens is 2. The van der Waals surface area contributed by atoms with Crippen LogP contribution >= 0.6 is 0 Å². The number of nitrogens with zero attached hydrogens (tertiary/aromatic N) is 2. The highest BCUT2D eigenvalue weighted by molar-refractivity contribution is 5.40. The molecule has 0 aliphatic carbocycles. The average molecular weight is 257 g/mol. The largest absolute Gasteiger partial charge is 0.496 e. The van der Waals surface area contributed by atoms with Crippen LogP contribution in [0.15, 0.2) is 30.3 Å². The number of rotatable bonds is 5. The second kappa shape index (κ2) is 6.18. The first-order valence-corrected chi connectivity index (χ1v) is 6.43. The van der Waals surface area contributed by atoms with Crippen molar-refractivity contribution in [2.75, 3.05) is 12.4 Å². The topological polar surface area (TPSA) is 47.0 Å². The Morgan fingerprint density at radius 2 is 2.00 bits per heavy atom. The van der Waals surface area contributed by atoms with Crippen LogP contribution in [0.25, 0.3) is 0 Å². The molecule has 0 bridgehead atoms. The zero-order valence-electron chi connectivity index (χ0n) is 11.6. The molecule has 0 saturated carbocycles. The van der Waals surface area contributed by atoms with Gasteiger partial charge in [0.15, 0.2) is 0 Å².